The summed E-state index contributed by atoms with van der Waals surface area (Å²) in [7, 11) is 0. The third kappa shape index (κ3) is 16.7. The number of nitrogens with zero attached hydrogens (tertiary/aromatic N) is 6. The number of piperidine rings is 3. The Morgan fingerprint density at radius 2 is 0.863 bits per heavy atom. The largest absolute Gasteiger partial charge is 0.356 e. The Kier molecular flexibility index (Phi) is 20.9. The van der Waals surface area contributed by atoms with Crippen molar-refractivity contribution in [2.45, 2.75) is 194 Å². The number of nitrogens with one attached hydrogen (secondary N) is 8. The second kappa shape index (κ2) is 27.9. The summed E-state index contributed by atoms with van der Waals surface area (Å²) < 4.78 is 0. The molecule has 7 saturated heterocycles. The maximum Gasteiger partial charge on any atom is 0.315 e. The van der Waals surface area contributed by atoms with Gasteiger partial charge < -0.3 is 63.0 Å². The van der Waals surface area contributed by atoms with Crippen molar-refractivity contribution in [3.05, 3.63) is 0 Å². The van der Waals surface area contributed by atoms with E-state index < -0.39 is 0 Å². The van der Waals surface area contributed by atoms with Gasteiger partial charge in [0, 0.05) is 118 Å². The zero-order valence-electron chi connectivity index (χ0n) is 42.9. The van der Waals surface area contributed by atoms with Gasteiger partial charge in [0.15, 0.2) is 0 Å². The van der Waals surface area contributed by atoms with E-state index in [-0.39, 0.29) is 78.0 Å². The molecular formula is C50H83N15O6S2. The van der Waals surface area contributed by atoms with Gasteiger partial charge in [0.1, 0.15) is 0 Å². The number of amides is 8. The number of hydrogen-bond acceptors (Lipinski definition) is 15. The van der Waals surface area contributed by atoms with Crippen LogP contribution >= 0.6 is 23.5 Å². The predicted molar refractivity (Wildman–Crippen MR) is 287 cm³/mol. The summed E-state index contributed by atoms with van der Waals surface area (Å²) in [6.07, 6.45) is 17.6. The van der Waals surface area contributed by atoms with Crippen LogP contribution in [0.3, 0.4) is 0 Å². The summed E-state index contributed by atoms with van der Waals surface area (Å²) in [4.78, 5) is 95.5. The molecule has 8 rings (SSSR count). The molecule has 1 aromatic heterocycles. The molecule has 0 aromatic carbocycles. The van der Waals surface area contributed by atoms with Crippen LogP contribution in [0.5, 0.6) is 0 Å². The molecule has 10 N–H and O–H groups in total. The van der Waals surface area contributed by atoms with E-state index in [9.17, 15) is 28.8 Å². The number of fused-ring (bicyclic) bond motifs is 2. The number of thioether (sulfide) groups is 2. The summed E-state index contributed by atoms with van der Waals surface area (Å²) >= 11 is 3.81. The molecular weight excluding hydrogens is 971 g/mol. The smallest absolute Gasteiger partial charge is 0.315 e. The quantitative estimate of drug-likeness (QED) is 0.0453. The van der Waals surface area contributed by atoms with Crippen LogP contribution in [-0.4, -0.2) is 167 Å². The fraction of sp³-hybridized carbons (Fsp3) is 0.820. The van der Waals surface area contributed by atoms with Crippen molar-refractivity contribution in [1.82, 2.24) is 57.5 Å². The fourth-order valence-electron chi connectivity index (χ4n) is 11.3. The Morgan fingerprint density at radius 1 is 0.493 bits per heavy atom. The number of hydrogen-bond donors (Lipinski definition) is 9. The van der Waals surface area contributed by atoms with E-state index in [1.165, 1.54) is 0 Å². The maximum absolute atomic E-state index is 12.9. The number of carbonyl (C=O) groups is 6. The van der Waals surface area contributed by atoms with Crippen molar-refractivity contribution in [1.29, 1.82) is 0 Å². The first-order chi connectivity index (χ1) is 35.5. The molecule has 23 heteroatoms. The van der Waals surface area contributed by atoms with Crippen LogP contribution in [0, 0.1) is 0 Å². The Bertz CT molecular complexity index is 1880. The minimum absolute atomic E-state index is 0.0640. The van der Waals surface area contributed by atoms with Crippen molar-refractivity contribution in [2.24, 2.45) is 5.73 Å². The molecule has 8 heterocycles. The lowest BCUT2D eigenvalue weighted by Crippen LogP contribution is -2.46. The van der Waals surface area contributed by atoms with Gasteiger partial charge in [-0.3, -0.25) is 19.2 Å². The van der Waals surface area contributed by atoms with Crippen LogP contribution in [0.2, 0.25) is 0 Å². The zero-order valence-corrected chi connectivity index (χ0v) is 44.5. The van der Waals surface area contributed by atoms with Crippen LogP contribution in [0.1, 0.15) is 141 Å². The normalized spacial score (nSPS) is 25.4. The molecule has 0 aliphatic carbocycles. The van der Waals surface area contributed by atoms with Crippen molar-refractivity contribution in [3.63, 3.8) is 0 Å². The van der Waals surface area contributed by atoms with E-state index in [1.54, 1.807) is 0 Å². The molecule has 7 fully saturated rings. The van der Waals surface area contributed by atoms with Crippen LogP contribution in [0.4, 0.5) is 27.4 Å². The fourth-order valence-corrected chi connectivity index (χ4v) is 14.4. The molecule has 6 unspecified atom stereocenters. The Balaban J connectivity index is 0.669. The van der Waals surface area contributed by atoms with E-state index in [1.807, 2.05) is 23.5 Å². The van der Waals surface area contributed by atoms with Gasteiger partial charge in [-0.25, -0.2) is 9.59 Å². The lowest BCUT2D eigenvalue weighted by molar-refractivity contribution is -0.122. The number of carbonyl (C=O) groups excluding carboxylic acids is 6. The van der Waals surface area contributed by atoms with Crippen molar-refractivity contribution in [3.8, 4) is 0 Å². The Hall–Kier alpha value is -4.51. The highest BCUT2D eigenvalue weighted by molar-refractivity contribution is 8.00. The lowest BCUT2D eigenvalue weighted by atomic mass is 10.0. The van der Waals surface area contributed by atoms with E-state index in [4.69, 9.17) is 20.7 Å². The molecule has 7 aliphatic heterocycles. The number of nitrogens with two attached hydrogens (primary N) is 1. The second-order valence-corrected chi connectivity index (χ2v) is 23.8. The molecule has 73 heavy (non-hydrogen) atoms. The molecule has 0 radical (unpaired) electrons. The standard InChI is InChI=1S/C50H83N15O6S2/c51-33-17-25-63(26-18-33)46-60-47(64-27-19-34(20-28-64)54-42(68)15-3-1-9-23-52-40(66)13-7-5-11-38-44-36(31-72-38)56-49(70)58-44)62-48(61-46)65-29-21-35(22-30-65)55-43(69)16-4-2-10-24-53-41(67)14-8-6-12-39-45-37(32-73-39)57-50(71)59-45/h33-39,44-45H,1-32,51H2,(H,52,66)(H,53,67)(H,54,68)(H,55,69)(H2,56,58,70)(H2,57,59,71). The van der Waals surface area contributed by atoms with Gasteiger partial charge in [0.05, 0.1) is 24.2 Å². The molecule has 0 spiro atoms. The van der Waals surface area contributed by atoms with Crippen molar-refractivity contribution >= 4 is 77.1 Å². The monoisotopic (exact) mass is 1050 g/mol. The summed E-state index contributed by atoms with van der Waals surface area (Å²) in [6, 6.07) is 1.12. The third-order valence-corrected chi connectivity index (χ3v) is 18.7. The first kappa shape index (κ1) is 54.7. The number of urea groups is 2. The van der Waals surface area contributed by atoms with Gasteiger partial charge in [-0.2, -0.15) is 38.5 Å². The first-order valence-corrected chi connectivity index (χ1v) is 29.9. The van der Waals surface area contributed by atoms with E-state index in [0.29, 0.717) is 67.1 Å². The minimum atomic E-state index is -0.0640. The Labute approximate surface area is 439 Å². The van der Waals surface area contributed by atoms with Gasteiger partial charge in [0.25, 0.3) is 0 Å². The average molecular weight is 1050 g/mol. The third-order valence-electron chi connectivity index (χ3n) is 15.7. The zero-order chi connectivity index (χ0) is 50.9. The molecule has 21 nitrogen and oxygen atoms in total. The van der Waals surface area contributed by atoms with Crippen LogP contribution in [0.25, 0.3) is 0 Å². The van der Waals surface area contributed by atoms with Gasteiger partial charge >= 0.3 is 12.1 Å². The van der Waals surface area contributed by atoms with E-state index in [0.717, 1.165) is 166 Å². The molecule has 0 bridgehead atoms. The number of anilines is 3. The maximum atomic E-state index is 12.9. The highest BCUT2D eigenvalue weighted by Crippen LogP contribution is 2.34. The Morgan fingerprint density at radius 3 is 1.27 bits per heavy atom. The van der Waals surface area contributed by atoms with E-state index in [2.05, 4.69) is 57.2 Å². The molecule has 406 valence electrons. The summed E-state index contributed by atoms with van der Waals surface area (Å²) in [5.41, 5.74) is 6.26. The van der Waals surface area contributed by atoms with Crippen LogP contribution in [0.15, 0.2) is 0 Å². The molecule has 8 amide bonds. The first-order valence-electron chi connectivity index (χ1n) is 27.8. The van der Waals surface area contributed by atoms with Gasteiger partial charge in [-0.05, 0) is 89.9 Å². The summed E-state index contributed by atoms with van der Waals surface area (Å²) in [5.74, 6) is 4.21. The van der Waals surface area contributed by atoms with Gasteiger partial charge in [-0.1, -0.05) is 25.7 Å². The topological polar surface area (TPSA) is 273 Å². The average Bonchev–Trinajstić information content (AvgIpc) is 4.16. The van der Waals surface area contributed by atoms with Gasteiger partial charge in [-0.15, -0.1) is 0 Å². The van der Waals surface area contributed by atoms with Crippen molar-refractivity contribution < 1.29 is 28.8 Å². The lowest BCUT2D eigenvalue weighted by Gasteiger charge is -2.36. The van der Waals surface area contributed by atoms with Crippen LogP contribution in [-0.2, 0) is 19.2 Å². The van der Waals surface area contributed by atoms with E-state index >= 15 is 0 Å². The molecule has 7 aliphatic rings. The number of unbranched alkanes of at least 4 members (excludes halogenated alkanes) is 6. The second-order valence-electron chi connectivity index (χ2n) is 21.3. The highest BCUT2D eigenvalue weighted by Gasteiger charge is 2.43. The van der Waals surface area contributed by atoms with Crippen molar-refractivity contribution in [2.75, 3.05) is 78.6 Å². The van der Waals surface area contributed by atoms with Crippen LogP contribution < -0.4 is 63.0 Å². The highest BCUT2D eigenvalue weighted by atomic mass is 32.2. The number of rotatable bonds is 27. The number of aromatic nitrogens is 3. The van der Waals surface area contributed by atoms with Gasteiger partial charge in [0.2, 0.25) is 41.5 Å². The molecule has 0 saturated carbocycles. The molecule has 6 atom stereocenters. The SMILES string of the molecule is NC1CCN(c2nc(N3CCC(NC(=O)CCCCCNC(=O)CCCCC4SCC5NC(=O)NC54)CC3)nc(N3CCC(NC(=O)CCCCCNC(=O)CCCCC4SCC5NC(=O)NC54)CC3)n2)CC1. The predicted octanol–water partition coefficient (Wildman–Crippen LogP) is 2.77. The minimum Gasteiger partial charge on any atom is -0.356 e. The molecule has 1 aromatic rings. The summed E-state index contributed by atoms with van der Waals surface area (Å²) in [6.45, 7) is 5.73. The summed E-state index contributed by atoms with van der Waals surface area (Å²) in [5, 5.41) is 25.4.